The van der Waals surface area contributed by atoms with E-state index in [0.29, 0.717) is 13.2 Å². The number of ether oxygens (including phenoxy) is 3. The summed E-state index contributed by atoms with van der Waals surface area (Å²) in [5.41, 5.74) is -0.460. The summed E-state index contributed by atoms with van der Waals surface area (Å²) in [7, 11) is 0. The molecule has 0 aromatic rings. The summed E-state index contributed by atoms with van der Waals surface area (Å²) in [4.78, 5) is 0. The normalized spacial score (nSPS) is 25.2. The highest BCUT2D eigenvalue weighted by atomic mass is 16.7. The molecular formula is C13H24O4. The van der Waals surface area contributed by atoms with Crippen LogP contribution in [-0.2, 0) is 14.2 Å². The van der Waals surface area contributed by atoms with Gasteiger partial charge in [-0.05, 0) is 32.1 Å². The van der Waals surface area contributed by atoms with Crippen molar-refractivity contribution in [2.75, 3.05) is 26.4 Å². The van der Waals surface area contributed by atoms with Gasteiger partial charge in [0.05, 0.1) is 18.8 Å². The van der Waals surface area contributed by atoms with Crippen molar-refractivity contribution in [3.05, 3.63) is 0 Å². The Morgan fingerprint density at radius 2 is 1.65 bits per heavy atom. The summed E-state index contributed by atoms with van der Waals surface area (Å²) in [5, 5.41) is 10.3. The van der Waals surface area contributed by atoms with Gasteiger partial charge in [0.25, 0.3) is 0 Å². The maximum atomic E-state index is 10.3. The summed E-state index contributed by atoms with van der Waals surface area (Å²) in [5.74, 6) is 0. The molecule has 17 heavy (non-hydrogen) atoms. The van der Waals surface area contributed by atoms with Crippen LogP contribution in [0.3, 0.4) is 0 Å². The zero-order valence-electron chi connectivity index (χ0n) is 10.5. The quantitative estimate of drug-likeness (QED) is 0.724. The molecule has 2 rings (SSSR count). The lowest BCUT2D eigenvalue weighted by Crippen LogP contribution is -2.35. The van der Waals surface area contributed by atoms with Crippen molar-refractivity contribution in [1.29, 1.82) is 0 Å². The van der Waals surface area contributed by atoms with Crippen molar-refractivity contribution < 1.29 is 19.3 Å². The predicted molar refractivity (Wildman–Crippen MR) is 63.8 cm³/mol. The Bertz CT molecular complexity index is 207. The Kier molecular flexibility index (Phi) is 5.22. The van der Waals surface area contributed by atoms with Gasteiger partial charge in [-0.2, -0.15) is 0 Å². The molecule has 0 amide bonds. The Balaban J connectivity index is 1.50. The monoisotopic (exact) mass is 244 g/mol. The number of unbranched alkanes of at least 4 members (excludes halogenated alkanes) is 2. The minimum Gasteiger partial charge on any atom is -0.390 e. The molecule has 0 radical (unpaired) electrons. The molecule has 2 fully saturated rings. The summed E-state index contributed by atoms with van der Waals surface area (Å²) in [6, 6.07) is 0. The summed E-state index contributed by atoms with van der Waals surface area (Å²) < 4.78 is 16.0. The minimum atomic E-state index is -0.460. The van der Waals surface area contributed by atoms with Crippen molar-refractivity contribution in [2.45, 2.75) is 56.8 Å². The third kappa shape index (κ3) is 4.54. The Hall–Kier alpha value is -0.160. The molecule has 2 aliphatic rings. The first kappa shape index (κ1) is 13.3. The molecule has 0 spiro atoms. The van der Waals surface area contributed by atoms with Crippen LogP contribution in [0.25, 0.3) is 0 Å². The first-order valence-electron chi connectivity index (χ1n) is 6.82. The highest BCUT2D eigenvalue weighted by molar-refractivity contribution is 4.80. The average molecular weight is 244 g/mol. The zero-order valence-corrected chi connectivity index (χ0v) is 10.5. The third-order valence-corrected chi connectivity index (χ3v) is 3.70. The molecule has 0 saturated carbocycles. The molecule has 0 aliphatic carbocycles. The van der Waals surface area contributed by atoms with Gasteiger partial charge < -0.3 is 19.3 Å². The van der Waals surface area contributed by atoms with Crippen molar-refractivity contribution in [3.63, 3.8) is 0 Å². The maximum Gasteiger partial charge on any atom is 0.157 e. The number of hydrogen-bond donors (Lipinski definition) is 1. The molecule has 2 saturated heterocycles. The van der Waals surface area contributed by atoms with Crippen LogP contribution in [0.15, 0.2) is 0 Å². The molecule has 0 bridgehead atoms. The standard InChI is InChI=1S/C13H24O4/c14-13(6-8-15-9-7-13)5-3-1-2-4-12-16-10-11-17-12/h12,14H,1-11H2. The first-order chi connectivity index (χ1) is 8.29. The molecule has 0 aromatic heterocycles. The van der Waals surface area contributed by atoms with Crippen molar-refractivity contribution in [1.82, 2.24) is 0 Å². The van der Waals surface area contributed by atoms with Gasteiger partial charge in [0, 0.05) is 13.2 Å². The second kappa shape index (κ2) is 6.69. The molecule has 0 aromatic carbocycles. The van der Waals surface area contributed by atoms with Gasteiger partial charge in [-0.3, -0.25) is 0 Å². The van der Waals surface area contributed by atoms with Gasteiger partial charge in [0.15, 0.2) is 6.29 Å². The average Bonchev–Trinajstić information content (AvgIpc) is 2.82. The molecule has 2 heterocycles. The smallest absolute Gasteiger partial charge is 0.157 e. The highest BCUT2D eigenvalue weighted by Crippen LogP contribution is 2.26. The lowest BCUT2D eigenvalue weighted by atomic mass is 9.88. The van der Waals surface area contributed by atoms with Gasteiger partial charge >= 0.3 is 0 Å². The fourth-order valence-corrected chi connectivity index (χ4v) is 2.52. The fraction of sp³-hybridized carbons (Fsp3) is 1.00. The molecule has 4 heteroatoms. The third-order valence-electron chi connectivity index (χ3n) is 3.70. The Morgan fingerprint density at radius 3 is 2.35 bits per heavy atom. The van der Waals surface area contributed by atoms with E-state index >= 15 is 0 Å². The second-order valence-electron chi connectivity index (χ2n) is 5.11. The van der Waals surface area contributed by atoms with E-state index in [0.717, 1.165) is 58.2 Å². The van der Waals surface area contributed by atoms with Crippen LogP contribution in [0.2, 0.25) is 0 Å². The van der Waals surface area contributed by atoms with Crippen LogP contribution in [0.4, 0.5) is 0 Å². The lowest BCUT2D eigenvalue weighted by Gasteiger charge is -2.32. The van der Waals surface area contributed by atoms with E-state index in [2.05, 4.69) is 0 Å². The van der Waals surface area contributed by atoms with Crippen molar-refractivity contribution in [2.24, 2.45) is 0 Å². The van der Waals surface area contributed by atoms with Crippen molar-refractivity contribution in [3.8, 4) is 0 Å². The van der Waals surface area contributed by atoms with Crippen LogP contribution < -0.4 is 0 Å². The largest absolute Gasteiger partial charge is 0.390 e. The van der Waals surface area contributed by atoms with Gasteiger partial charge in [-0.15, -0.1) is 0 Å². The second-order valence-corrected chi connectivity index (χ2v) is 5.11. The molecule has 2 aliphatic heterocycles. The topological polar surface area (TPSA) is 47.9 Å². The van der Waals surface area contributed by atoms with Crippen LogP contribution in [0.5, 0.6) is 0 Å². The predicted octanol–water partition coefficient (Wildman–Crippen LogP) is 1.85. The Labute approximate surface area is 103 Å². The van der Waals surface area contributed by atoms with E-state index in [1.54, 1.807) is 0 Å². The van der Waals surface area contributed by atoms with E-state index in [9.17, 15) is 5.11 Å². The fourth-order valence-electron chi connectivity index (χ4n) is 2.52. The number of hydrogen-bond acceptors (Lipinski definition) is 4. The minimum absolute atomic E-state index is 0.0289. The first-order valence-corrected chi connectivity index (χ1v) is 6.82. The molecular weight excluding hydrogens is 220 g/mol. The van der Waals surface area contributed by atoms with Crippen LogP contribution in [0, 0.1) is 0 Å². The van der Waals surface area contributed by atoms with E-state index in [-0.39, 0.29) is 6.29 Å². The molecule has 100 valence electrons. The van der Waals surface area contributed by atoms with Gasteiger partial charge in [0.2, 0.25) is 0 Å². The van der Waals surface area contributed by atoms with Gasteiger partial charge in [-0.1, -0.05) is 12.8 Å². The highest BCUT2D eigenvalue weighted by Gasteiger charge is 2.28. The lowest BCUT2D eigenvalue weighted by molar-refractivity contribution is -0.0697. The van der Waals surface area contributed by atoms with E-state index in [1.807, 2.05) is 0 Å². The van der Waals surface area contributed by atoms with Crippen molar-refractivity contribution >= 4 is 0 Å². The number of aliphatic hydroxyl groups is 1. The molecule has 1 N–H and O–H groups in total. The van der Waals surface area contributed by atoms with Crippen LogP contribution in [0.1, 0.15) is 44.9 Å². The number of rotatable bonds is 6. The summed E-state index contributed by atoms with van der Waals surface area (Å²) in [6.45, 7) is 2.90. The summed E-state index contributed by atoms with van der Waals surface area (Å²) in [6.07, 6.45) is 6.86. The van der Waals surface area contributed by atoms with E-state index in [4.69, 9.17) is 14.2 Å². The molecule has 4 nitrogen and oxygen atoms in total. The Morgan fingerprint density at radius 1 is 0.941 bits per heavy atom. The molecule has 0 unspecified atom stereocenters. The summed E-state index contributed by atoms with van der Waals surface area (Å²) >= 11 is 0. The van der Waals surface area contributed by atoms with E-state index < -0.39 is 5.60 Å². The SMILES string of the molecule is OC1(CCCCCC2OCCO2)CCOCC1. The molecule has 0 atom stereocenters. The maximum absolute atomic E-state index is 10.3. The van der Waals surface area contributed by atoms with Gasteiger partial charge in [-0.25, -0.2) is 0 Å². The van der Waals surface area contributed by atoms with Gasteiger partial charge in [0.1, 0.15) is 0 Å². The van der Waals surface area contributed by atoms with E-state index in [1.165, 1.54) is 0 Å². The van der Waals surface area contributed by atoms with Crippen LogP contribution >= 0.6 is 0 Å². The van der Waals surface area contributed by atoms with Crippen LogP contribution in [-0.4, -0.2) is 43.4 Å². The zero-order chi connectivity index (χ0) is 12.0.